The van der Waals surface area contributed by atoms with Gasteiger partial charge in [0.1, 0.15) is 5.82 Å². The minimum absolute atomic E-state index is 0.00920. The van der Waals surface area contributed by atoms with Gasteiger partial charge >= 0.3 is 5.97 Å². The average Bonchev–Trinajstić information content (AvgIpc) is 2.98. The fraction of sp³-hybridized carbons (Fsp3) is 0. The summed E-state index contributed by atoms with van der Waals surface area (Å²) in [5.74, 6) is -0.968. The van der Waals surface area contributed by atoms with E-state index in [1.807, 2.05) is 42.5 Å². The number of hydrogen-bond donors (Lipinski definition) is 0. The third kappa shape index (κ3) is 2.81. The van der Waals surface area contributed by atoms with Gasteiger partial charge in [-0.2, -0.15) is 0 Å². The van der Waals surface area contributed by atoms with E-state index in [9.17, 15) is 9.18 Å². The molecule has 0 bridgehead atoms. The molecule has 0 fully saturated rings. The Hall–Kier alpha value is -2.98. The Kier molecular flexibility index (Phi) is 3.82. The summed E-state index contributed by atoms with van der Waals surface area (Å²) < 4.78 is 19.2. The molecule has 0 aromatic heterocycles. The molecular formula is C20H11ClFNO2. The maximum absolute atomic E-state index is 13.9. The molecule has 0 N–H and O–H groups in total. The van der Waals surface area contributed by atoms with Crippen LogP contribution in [0, 0.1) is 5.82 Å². The highest BCUT2D eigenvalue weighted by Crippen LogP contribution is 2.27. The first kappa shape index (κ1) is 15.5. The number of fused-ring (bicyclic) bond motifs is 1. The molecule has 1 heterocycles. The summed E-state index contributed by atoms with van der Waals surface area (Å²) >= 11 is 6.00. The Balaban J connectivity index is 1.82. The molecule has 0 aliphatic carbocycles. The van der Waals surface area contributed by atoms with Crippen molar-refractivity contribution >= 4 is 40.3 Å². The van der Waals surface area contributed by atoms with Crippen molar-refractivity contribution in [2.45, 2.75) is 0 Å². The van der Waals surface area contributed by atoms with Crippen molar-refractivity contribution in [3.8, 4) is 0 Å². The molecule has 0 radical (unpaired) electrons. The Morgan fingerprint density at radius 1 is 1.00 bits per heavy atom. The SMILES string of the molecule is O=C1OC(c2cccc3ccccc23)=NC1=Cc1c(F)cccc1Cl. The Bertz CT molecular complexity index is 1050. The summed E-state index contributed by atoms with van der Waals surface area (Å²) in [7, 11) is 0. The van der Waals surface area contributed by atoms with Crippen molar-refractivity contribution in [3.63, 3.8) is 0 Å². The van der Waals surface area contributed by atoms with Crippen LogP contribution in [0.1, 0.15) is 11.1 Å². The van der Waals surface area contributed by atoms with Gasteiger partial charge in [-0.3, -0.25) is 0 Å². The van der Waals surface area contributed by atoms with E-state index in [2.05, 4.69) is 4.99 Å². The van der Waals surface area contributed by atoms with Gasteiger partial charge in [0.15, 0.2) is 5.70 Å². The van der Waals surface area contributed by atoms with Gasteiger partial charge in [-0.15, -0.1) is 0 Å². The van der Waals surface area contributed by atoms with Crippen molar-refractivity contribution in [1.29, 1.82) is 0 Å². The molecule has 0 saturated heterocycles. The predicted octanol–water partition coefficient (Wildman–Crippen LogP) is 4.98. The average molecular weight is 352 g/mol. The van der Waals surface area contributed by atoms with E-state index < -0.39 is 11.8 Å². The summed E-state index contributed by atoms with van der Waals surface area (Å²) in [6.07, 6.45) is 1.30. The quantitative estimate of drug-likeness (QED) is 0.482. The predicted molar refractivity (Wildman–Crippen MR) is 96.0 cm³/mol. The smallest absolute Gasteiger partial charge is 0.363 e. The molecule has 0 unspecified atom stereocenters. The second-order valence-electron chi connectivity index (χ2n) is 5.50. The van der Waals surface area contributed by atoms with E-state index >= 15 is 0 Å². The van der Waals surface area contributed by atoms with Gasteiger partial charge in [-0.1, -0.05) is 54.1 Å². The Labute approximate surface area is 148 Å². The maximum Gasteiger partial charge on any atom is 0.363 e. The van der Waals surface area contributed by atoms with Crippen LogP contribution in [0.4, 0.5) is 4.39 Å². The third-order valence-electron chi connectivity index (χ3n) is 3.92. The van der Waals surface area contributed by atoms with Crippen LogP contribution in [0.15, 0.2) is 71.4 Å². The van der Waals surface area contributed by atoms with Gasteiger partial charge in [0.25, 0.3) is 0 Å². The van der Waals surface area contributed by atoms with Gasteiger partial charge in [-0.25, -0.2) is 14.2 Å². The van der Waals surface area contributed by atoms with Crippen LogP contribution in [0.5, 0.6) is 0 Å². The molecule has 122 valence electrons. The molecule has 0 amide bonds. The number of benzene rings is 3. The van der Waals surface area contributed by atoms with E-state index in [1.165, 1.54) is 18.2 Å². The van der Waals surface area contributed by atoms with Crippen LogP contribution >= 0.6 is 11.6 Å². The molecule has 0 saturated carbocycles. The normalized spacial score (nSPS) is 15.5. The zero-order valence-corrected chi connectivity index (χ0v) is 13.6. The molecule has 0 atom stereocenters. The van der Waals surface area contributed by atoms with E-state index in [0.29, 0.717) is 5.56 Å². The van der Waals surface area contributed by atoms with Gasteiger partial charge < -0.3 is 4.74 Å². The number of carbonyl (C=O) groups is 1. The van der Waals surface area contributed by atoms with Crippen molar-refractivity contribution < 1.29 is 13.9 Å². The van der Waals surface area contributed by atoms with Crippen LogP contribution in [0.2, 0.25) is 5.02 Å². The first-order valence-corrected chi connectivity index (χ1v) is 7.96. The number of hydrogen-bond acceptors (Lipinski definition) is 3. The first-order chi connectivity index (χ1) is 12.1. The number of esters is 1. The number of nitrogens with zero attached hydrogens (tertiary/aromatic N) is 1. The Morgan fingerprint density at radius 2 is 1.76 bits per heavy atom. The fourth-order valence-electron chi connectivity index (χ4n) is 2.72. The van der Waals surface area contributed by atoms with E-state index in [0.717, 1.165) is 10.8 Å². The van der Waals surface area contributed by atoms with Crippen LogP contribution < -0.4 is 0 Å². The molecule has 1 aliphatic heterocycles. The number of ether oxygens (including phenoxy) is 1. The highest BCUT2D eigenvalue weighted by Gasteiger charge is 2.26. The van der Waals surface area contributed by atoms with E-state index in [-0.39, 0.29) is 22.2 Å². The van der Waals surface area contributed by atoms with Crippen molar-refractivity contribution in [3.05, 3.63) is 88.3 Å². The highest BCUT2D eigenvalue weighted by molar-refractivity contribution is 6.32. The van der Waals surface area contributed by atoms with Crippen molar-refractivity contribution in [2.75, 3.05) is 0 Å². The molecule has 3 aromatic carbocycles. The zero-order chi connectivity index (χ0) is 17.4. The lowest BCUT2D eigenvalue weighted by Crippen LogP contribution is -2.06. The number of halogens is 2. The minimum Gasteiger partial charge on any atom is -0.402 e. The molecular weight excluding hydrogens is 341 g/mol. The second kappa shape index (κ2) is 6.15. The molecule has 3 nitrogen and oxygen atoms in total. The zero-order valence-electron chi connectivity index (χ0n) is 12.9. The maximum atomic E-state index is 13.9. The molecule has 0 spiro atoms. The summed E-state index contributed by atoms with van der Waals surface area (Å²) in [5, 5.41) is 2.13. The number of aliphatic imine (C=N–C) groups is 1. The molecule has 25 heavy (non-hydrogen) atoms. The van der Waals surface area contributed by atoms with Crippen molar-refractivity contribution in [1.82, 2.24) is 0 Å². The largest absolute Gasteiger partial charge is 0.402 e. The molecule has 4 rings (SSSR count). The molecule has 3 aromatic rings. The monoisotopic (exact) mass is 351 g/mol. The van der Waals surface area contributed by atoms with Crippen LogP contribution in [0.3, 0.4) is 0 Å². The third-order valence-corrected chi connectivity index (χ3v) is 4.25. The topological polar surface area (TPSA) is 38.7 Å². The van der Waals surface area contributed by atoms with E-state index in [1.54, 1.807) is 6.07 Å². The standard InChI is InChI=1S/C20H11ClFNO2/c21-16-9-4-10-17(22)15(16)11-18-20(24)25-19(23-18)14-8-3-6-12-5-1-2-7-13(12)14/h1-11H. The lowest BCUT2D eigenvalue weighted by Gasteiger charge is -2.04. The van der Waals surface area contributed by atoms with Gasteiger partial charge in [0.2, 0.25) is 5.90 Å². The lowest BCUT2D eigenvalue weighted by atomic mass is 10.0. The first-order valence-electron chi connectivity index (χ1n) is 7.58. The Morgan fingerprint density at radius 3 is 2.60 bits per heavy atom. The highest BCUT2D eigenvalue weighted by atomic mass is 35.5. The van der Waals surface area contributed by atoms with Gasteiger partial charge in [0.05, 0.1) is 5.02 Å². The number of rotatable bonds is 2. The summed E-state index contributed by atoms with van der Waals surface area (Å²) in [6.45, 7) is 0. The molecule has 1 aliphatic rings. The van der Waals surface area contributed by atoms with Gasteiger partial charge in [0, 0.05) is 11.1 Å². The van der Waals surface area contributed by atoms with Crippen LogP contribution in [0.25, 0.3) is 16.8 Å². The number of carbonyl (C=O) groups excluding carboxylic acids is 1. The molecule has 5 heteroatoms. The van der Waals surface area contributed by atoms with Gasteiger partial charge in [-0.05, 0) is 35.0 Å². The van der Waals surface area contributed by atoms with Crippen LogP contribution in [-0.4, -0.2) is 11.9 Å². The second-order valence-corrected chi connectivity index (χ2v) is 5.91. The lowest BCUT2D eigenvalue weighted by molar-refractivity contribution is -0.129. The summed E-state index contributed by atoms with van der Waals surface area (Å²) in [6, 6.07) is 17.7. The summed E-state index contributed by atoms with van der Waals surface area (Å²) in [4.78, 5) is 16.4. The minimum atomic E-state index is -0.637. The summed E-state index contributed by atoms with van der Waals surface area (Å²) in [5.41, 5.74) is 0.823. The van der Waals surface area contributed by atoms with E-state index in [4.69, 9.17) is 16.3 Å². The fourth-order valence-corrected chi connectivity index (χ4v) is 2.94. The van der Waals surface area contributed by atoms with Crippen LogP contribution in [-0.2, 0) is 9.53 Å². The van der Waals surface area contributed by atoms with Crippen molar-refractivity contribution in [2.24, 2.45) is 4.99 Å². The number of cyclic esters (lactones) is 1.